The molecule has 1 atom stereocenters. The van der Waals surface area contributed by atoms with Gasteiger partial charge < -0.3 is 4.90 Å². The molecule has 2 rings (SSSR count). The van der Waals surface area contributed by atoms with Gasteiger partial charge >= 0.3 is 0 Å². The van der Waals surface area contributed by atoms with Crippen LogP contribution in [0.15, 0.2) is 6.07 Å². The normalized spacial score (nSPS) is 20.9. The minimum Gasteiger partial charge on any atom is -0.342 e. The van der Waals surface area contributed by atoms with Crippen LogP contribution < -0.4 is 0 Å². The first kappa shape index (κ1) is 12.1. The van der Waals surface area contributed by atoms with E-state index in [1.165, 1.54) is 0 Å². The number of aryl methyl sites for hydroxylation is 1. The van der Waals surface area contributed by atoms with Crippen LogP contribution in [0.4, 0.5) is 0 Å². The van der Waals surface area contributed by atoms with E-state index in [0.29, 0.717) is 5.92 Å². The maximum absolute atomic E-state index is 12.0. The first-order chi connectivity index (χ1) is 8.08. The predicted molar refractivity (Wildman–Crippen MR) is 66.7 cm³/mol. The van der Waals surface area contributed by atoms with Crippen LogP contribution in [0.2, 0.25) is 0 Å². The molecule has 4 nitrogen and oxygen atoms in total. The molecule has 1 fully saturated rings. The van der Waals surface area contributed by atoms with Crippen LogP contribution in [0.25, 0.3) is 0 Å². The quantitative estimate of drug-likeness (QED) is 0.853. The first-order valence-corrected chi connectivity index (χ1v) is 6.38. The monoisotopic (exact) mass is 235 g/mol. The molecule has 1 saturated heterocycles. The number of carbonyl (C=O) groups is 1. The van der Waals surface area contributed by atoms with Gasteiger partial charge in [-0.15, -0.1) is 0 Å². The summed E-state index contributed by atoms with van der Waals surface area (Å²) >= 11 is 0. The summed E-state index contributed by atoms with van der Waals surface area (Å²) in [6.07, 6.45) is 2.21. The number of aromatic amines is 1. The highest BCUT2D eigenvalue weighted by molar-refractivity contribution is 5.78. The lowest BCUT2D eigenvalue weighted by Gasteiger charge is -2.33. The number of hydrogen-bond acceptors (Lipinski definition) is 2. The van der Waals surface area contributed by atoms with Crippen molar-refractivity contribution in [3.63, 3.8) is 0 Å². The van der Waals surface area contributed by atoms with Crippen LogP contribution in [0.5, 0.6) is 0 Å². The van der Waals surface area contributed by atoms with Crippen LogP contribution in [0.1, 0.15) is 44.0 Å². The molecule has 17 heavy (non-hydrogen) atoms. The Morgan fingerprint density at radius 1 is 1.59 bits per heavy atom. The summed E-state index contributed by atoms with van der Waals surface area (Å²) in [5.41, 5.74) is 2.19. The number of rotatable bonds is 2. The van der Waals surface area contributed by atoms with Gasteiger partial charge in [0.15, 0.2) is 0 Å². The van der Waals surface area contributed by atoms with Crippen LogP contribution >= 0.6 is 0 Å². The Morgan fingerprint density at radius 3 is 2.94 bits per heavy atom. The third-order valence-electron chi connectivity index (χ3n) is 3.37. The Balaban J connectivity index is 2.04. The Morgan fingerprint density at radius 2 is 2.35 bits per heavy atom. The standard InChI is InChI=1S/C13H21N3O/c1-9(2)13(17)16-6-4-5-11(8-16)12-7-10(3)14-15-12/h7,9,11H,4-6,8H2,1-3H3,(H,14,15)/t11-/m0/s1. The molecular formula is C13H21N3O. The molecule has 0 aliphatic carbocycles. The van der Waals surface area contributed by atoms with E-state index in [9.17, 15) is 4.79 Å². The maximum Gasteiger partial charge on any atom is 0.225 e. The zero-order valence-corrected chi connectivity index (χ0v) is 10.9. The van der Waals surface area contributed by atoms with Gasteiger partial charge in [-0.3, -0.25) is 9.89 Å². The van der Waals surface area contributed by atoms with Crippen molar-refractivity contribution in [2.24, 2.45) is 5.92 Å². The highest BCUT2D eigenvalue weighted by atomic mass is 16.2. The van der Waals surface area contributed by atoms with Crippen LogP contribution in [0.3, 0.4) is 0 Å². The van der Waals surface area contributed by atoms with Crippen molar-refractivity contribution in [2.75, 3.05) is 13.1 Å². The number of likely N-dealkylation sites (tertiary alicyclic amines) is 1. The van der Waals surface area contributed by atoms with Crippen molar-refractivity contribution in [1.82, 2.24) is 15.1 Å². The second-order valence-corrected chi connectivity index (χ2v) is 5.25. The third kappa shape index (κ3) is 2.68. The smallest absolute Gasteiger partial charge is 0.225 e. The number of nitrogens with zero attached hydrogens (tertiary/aromatic N) is 2. The minimum atomic E-state index is 0.0923. The molecule has 1 N–H and O–H groups in total. The summed E-state index contributed by atoms with van der Waals surface area (Å²) in [5, 5.41) is 7.29. The second kappa shape index (κ2) is 4.90. The Kier molecular flexibility index (Phi) is 3.50. The van der Waals surface area contributed by atoms with Crippen LogP contribution in [-0.4, -0.2) is 34.1 Å². The summed E-state index contributed by atoms with van der Waals surface area (Å²) < 4.78 is 0. The average Bonchev–Trinajstić information content (AvgIpc) is 2.75. The summed E-state index contributed by atoms with van der Waals surface area (Å²) in [6, 6.07) is 2.09. The Hall–Kier alpha value is -1.32. The van der Waals surface area contributed by atoms with Gasteiger partial charge in [-0.1, -0.05) is 13.8 Å². The first-order valence-electron chi connectivity index (χ1n) is 6.38. The number of carbonyl (C=O) groups excluding carboxylic acids is 1. The van der Waals surface area contributed by atoms with E-state index in [1.54, 1.807) is 0 Å². The van der Waals surface area contributed by atoms with E-state index in [4.69, 9.17) is 0 Å². The minimum absolute atomic E-state index is 0.0923. The van der Waals surface area contributed by atoms with Crippen LogP contribution in [0, 0.1) is 12.8 Å². The van der Waals surface area contributed by atoms with Gasteiger partial charge in [-0.2, -0.15) is 5.10 Å². The zero-order chi connectivity index (χ0) is 12.4. The summed E-state index contributed by atoms with van der Waals surface area (Å²) in [6.45, 7) is 7.66. The third-order valence-corrected chi connectivity index (χ3v) is 3.37. The topological polar surface area (TPSA) is 49.0 Å². The zero-order valence-electron chi connectivity index (χ0n) is 10.9. The number of nitrogens with one attached hydrogen (secondary N) is 1. The lowest BCUT2D eigenvalue weighted by atomic mass is 9.94. The van der Waals surface area contributed by atoms with E-state index in [2.05, 4.69) is 16.3 Å². The molecule has 0 radical (unpaired) electrons. The number of hydrogen-bond donors (Lipinski definition) is 1. The molecule has 1 aliphatic rings. The largest absolute Gasteiger partial charge is 0.342 e. The molecule has 0 unspecified atom stereocenters. The van der Waals surface area contributed by atoms with E-state index >= 15 is 0 Å². The van der Waals surface area contributed by atoms with Gasteiger partial charge in [-0.25, -0.2) is 0 Å². The molecule has 0 bridgehead atoms. The van der Waals surface area contributed by atoms with Crippen molar-refractivity contribution >= 4 is 5.91 Å². The number of piperidine rings is 1. The van der Waals surface area contributed by atoms with Crippen molar-refractivity contribution in [2.45, 2.75) is 39.5 Å². The Bertz CT molecular complexity index is 397. The van der Waals surface area contributed by atoms with E-state index in [-0.39, 0.29) is 11.8 Å². The van der Waals surface area contributed by atoms with E-state index in [0.717, 1.165) is 37.3 Å². The fourth-order valence-electron chi connectivity index (χ4n) is 2.43. The molecule has 0 spiro atoms. The lowest BCUT2D eigenvalue weighted by Crippen LogP contribution is -2.41. The highest BCUT2D eigenvalue weighted by Gasteiger charge is 2.27. The molecule has 2 heterocycles. The molecule has 0 saturated carbocycles. The molecular weight excluding hydrogens is 214 g/mol. The van der Waals surface area contributed by atoms with Crippen molar-refractivity contribution in [3.8, 4) is 0 Å². The molecule has 1 amide bonds. The lowest BCUT2D eigenvalue weighted by molar-refractivity contribution is -0.135. The molecule has 94 valence electrons. The van der Waals surface area contributed by atoms with Gasteiger partial charge in [0.25, 0.3) is 0 Å². The number of aromatic nitrogens is 2. The summed E-state index contributed by atoms with van der Waals surface area (Å²) in [5.74, 6) is 0.757. The van der Waals surface area contributed by atoms with Gasteiger partial charge in [0.1, 0.15) is 0 Å². The number of amides is 1. The SMILES string of the molecule is Cc1cc([C@H]2CCCN(C(=O)C(C)C)C2)n[nH]1. The molecule has 1 aliphatic heterocycles. The van der Waals surface area contributed by atoms with Crippen molar-refractivity contribution in [3.05, 3.63) is 17.5 Å². The molecule has 1 aromatic rings. The number of H-pyrrole nitrogens is 1. The Labute approximate surface area is 102 Å². The highest BCUT2D eigenvalue weighted by Crippen LogP contribution is 2.26. The molecule has 1 aromatic heterocycles. The average molecular weight is 235 g/mol. The predicted octanol–water partition coefficient (Wildman–Crippen LogP) is 2.08. The fraction of sp³-hybridized carbons (Fsp3) is 0.692. The summed E-state index contributed by atoms with van der Waals surface area (Å²) in [4.78, 5) is 14.0. The van der Waals surface area contributed by atoms with Gasteiger partial charge in [0, 0.05) is 30.6 Å². The molecule has 0 aromatic carbocycles. The maximum atomic E-state index is 12.0. The second-order valence-electron chi connectivity index (χ2n) is 5.25. The van der Waals surface area contributed by atoms with Gasteiger partial charge in [0.2, 0.25) is 5.91 Å². The summed E-state index contributed by atoms with van der Waals surface area (Å²) in [7, 11) is 0. The van der Waals surface area contributed by atoms with Gasteiger partial charge in [0.05, 0.1) is 5.69 Å². The van der Waals surface area contributed by atoms with E-state index < -0.39 is 0 Å². The molecule has 4 heteroatoms. The van der Waals surface area contributed by atoms with Gasteiger partial charge in [-0.05, 0) is 25.8 Å². The van der Waals surface area contributed by atoms with E-state index in [1.807, 2.05) is 25.7 Å². The van der Waals surface area contributed by atoms with Crippen molar-refractivity contribution < 1.29 is 4.79 Å². The fourth-order valence-corrected chi connectivity index (χ4v) is 2.43. The van der Waals surface area contributed by atoms with Crippen LogP contribution in [-0.2, 0) is 4.79 Å². The van der Waals surface area contributed by atoms with Crippen molar-refractivity contribution in [1.29, 1.82) is 0 Å².